The van der Waals surface area contributed by atoms with Gasteiger partial charge < -0.3 is 20.5 Å². The minimum Gasteiger partial charge on any atom is -0.492 e. The summed E-state index contributed by atoms with van der Waals surface area (Å²) < 4.78 is 10.9. The summed E-state index contributed by atoms with van der Waals surface area (Å²) in [5.41, 5.74) is 5.83. The maximum Gasteiger partial charge on any atom is 0.188 e. The molecule has 0 radical (unpaired) electrons. The second-order valence-electron chi connectivity index (χ2n) is 5.31. The highest BCUT2D eigenvalue weighted by molar-refractivity contribution is 6.30. The maximum absolute atomic E-state index is 5.89. The van der Waals surface area contributed by atoms with Crippen LogP contribution in [0.25, 0.3) is 0 Å². The normalized spacial score (nSPS) is 16.3. The Kier molecular flexibility index (Phi) is 8.00. The van der Waals surface area contributed by atoms with E-state index in [0.29, 0.717) is 24.1 Å². The average molecular weight is 341 g/mol. The molecule has 1 aliphatic heterocycles. The van der Waals surface area contributed by atoms with E-state index in [4.69, 9.17) is 26.8 Å². The molecular weight excluding hydrogens is 316 g/mol. The second kappa shape index (κ2) is 10.3. The SMILES string of the molecule is NC(=NCCCN1CCOCC1)NCCOc1cccc(Cl)c1. The lowest BCUT2D eigenvalue weighted by Gasteiger charge is -2.26. The zero-order chi connectivity index (χ0) is 16.3. The Hall–Kier alpha value is -1.50. The van der Waals surface area contributed by atoms with E-state index in [1.165, 1.54) is 0 Å². The highest BCUT2D eigenvalue weighted by atomic mass is 35.5. The van der Waals surface area contributed by atoms with Crippen LogP contribution in [0, 0.1) is 0 Å². The van der Waals surface area contributed by atoms with E-state index in [-0.39, 0.29) is 0 Å². The zero-order valence-corrected chi connectivity index (χ0v) is 14.1. The molecule has 1 saturated heterocycles. The molecule has 2 rings (SSSR count). The van der Waals surface area contributed by atoms with Crippen LogP contribution in [0.3, 0.4) is 0 Å². The number of aliphatic imine (C=N–C) groups is 1. The monoisotopic (exact) mass is 340 g/mol. The number of morpholine rings is 1. The van der Waals surface area contributed by atoms with Crippen molar-refractivity contribution in [2.45, 2.75) is 6.42 Å². The van der Waals surface area contributed by atoms with Gasteiger partial charge in [-0.1, -0.05) is 17.7 Å². The number of rotatable bonds is 8. The van der Waals surface area contributed by atoms with Gasteiger partial charge in [0.25, 0.3) is 0 Å². The molecule has 0 aliphatic carbocycles. The summed E-state index contributed by atoms with van der Waals surface area (Å²) in [6.07, 6.45) is 1.00. The van der Waals surface area contributed by atoms with Crippen LogP contribution in [0.4, 0.5) is 0 Å². The van der Waals surface area contributed by atoms with Crippen LogP contribution < -0.4 is 15.8 Å². The molecular formula is C16H25ClN4O2. The van der Waals surface area contributed by atoms with Gasteiger partial charge in [-0.3, -0.25) is 9.89 Å². The Bertz CT molecular complexity index is 493. The van der Waals surface area contributed by atoms with E-state index >= 15 is 0 Å². The van der Waals surface area contributed by atoms with Gasteiger partial charge in [0.2, 0.25) is 0 Å². The number of nitrogens with one attached hydrogen (secondary N) is 1. The predicted octanol–water partition coefficient (Wildman–Crippen LogP) is 1.35. The van der Waals surface area contributed by atoms with Gasteiger partial charge in [-0.05, 0) is 24.6 Å². The molecule has 0 spiro atoms. The minimum absolute atomic E-state index is 0.460. The van der Waals surface area contributed by atoms with Gasteiger partial charge >= 0.3 is 0 Å². The van der Waals surface area contributed by atoms with Gasteiger partial charge in [0.05, 0.1) is 19.8 Å². The number of hydrogen-bond acceptors (Lipinski definition) is 4. The Labute approximate surface area is 142 Å². The summed E-state index contributed by atoms with van der Waals surface area (Å²) in [7, 11) is 0. The fraction of sp³-hybridized carbons (Fsp3) is 0.562. The average Bonchev–Trinajstić information content (AvgIpc) is 2.57. The first-order chi connectivity index (χ1) is 11.2. The number of nitrogens with two attached hydrogens (primary N) is 1. The van der Waals surface area contributed by atoms with Crippen molar-refractivity contribution in [3.05, 3.63) is 29.3 Å². The van der Waals surface area contributed by atoms with E-state index in [2.05, 4.69) is 15.2 Å². The number of halogens is 1. The van der Waals surface area contributed by atoms with Crippen LogP contribution in [0.15, 0.2) is 29.3 Å². The van der Waals surface area contributed by atoms with Crippen molar-refractivity contribution in [3.63, 3.8) is 0 Å². The zero-order valence-electron chi connectivity index (χ0n) is 13.3. The van der Waals surface area contributed by atoms with Crippen molar-refractivity contribution in [3.8, 4) is 5.75 Å². The molecule has 1 aromatic carbocycles. The second-order valence-corrected chi connectivity index (χ2v) is 5.74. The molecule has 0 amide bonds. The first-order valence-electron chi connectivity index (χ1n) is 7.96. The number of ether oxygens (including phenoxy) is 2. The maximum atomic E-state index is 5.89. The Morgan fingerprint density at radius 3 is 3.00 bits per heavy atom. The van der Waals surface area contributed by atoms with E-state index in [1.54, 1.807) is 6.07 Å². The molecule has 0 saturated carbocycles. The smallest absolute Gasteiger partial charge is 0.188 e. The van der Waals surface area contributed by atoms with Crippen LogP contribution in [-0.4, -0.2) is 63.4 Å². The summed E-state index contributed by atoms with van der Waals surface area (Å²) in [6, 6.07) is 7.32. The Morgan fingerprint density at radius 1 is 1.39 bits per heavy atom. The van der Waals surface area contributed by atoms with Crippen molar-refractivity contribution in [1.82, 2.24) is 10.2 Å². The third-order valence-corrected chi connectivity index (χ3v) is 3.73. The van der Waals surface area contributed by atoms with Crippen LogP contribution in [0.5, 0.6) is 5.75 Å². The molecule has 1 aromatic rings. The third-order valence-electron chi connectivity index (χ3n) is 3.49. The van der Waals surface area contributed by atoms with Gasteiger partial charge in [0.1, 0.15) is 12.4 Å². The molecule has 1 aliphatic rings. The lowest BCUT2D eigenvalue weighted by atomic mass is 10.3. The Balaban J connectivity index is 1.52. The summed E-state index contributed by atoms with van der Waals surface area (Å²) in [5.74, 6) is 1.21. The molecule has 0 bridgehead atoms. The summed E-state index contributed by atoms with van der Waals surface area (Å²) in [4.78, 5) is 6.71. The molecule has 1 heterocycles. The molecule has 7 heteroatoms. The van der Waals surface area contributed by atoms with E-state index in [1.807, 2.05) is 18.2 Å². The van der Waals surface area contributed by atoms with Gasteiger partial charge in [-0.15, -0.1) is 0 Å². The quantitative estimate of drug-likeness (QED) is 0.424. The predicted molar refractivity (Wildman–Crippen MR) is 93.3 cm³/mol. The molecule has 0 atom stereocenters. The van der Waals surface area contributed by atoms with E-state index in [9.17, 15) is 0 Å². The number of nitrogens with zero attached hydrogens (tertiary/aromatic N) is 2. The van der Waals surface area contributed by atoms with Crippen LogP contribution in [-0.2, 0) is 4.74 Å². The highest BCUT2D eigenvalue weighted by Crippen LogP contribution is 2.16. The first-order valence-corrected chi connectivity index (χ1v) is 8.34. The lowest BCUT2D eigenvalue weighted by Crippen LogP contribution is -2.37. The Morgan fingerprint density at radius 2 is 2.22 bits per heavy atom. The minimum atomic E-state index is 0.460. The third kappa shape index (κ3) is 7.54. The van der Waals surface area contributed by atoms with Crippen LogP contribution >= 0.6 is 11.6 Å². The van der Waals surface area contributed by atoms with Crippen molar-refractivity contribution in [1.29, 1.82) is 0 Å². The van der Waals surface area contributed by atoms with Crippen molar-refractivity contribution < 1.29 is 9.47 Å². The molecule has 128 valence electrons. The van der Waals surface area contributed by atoms with Crippen molar-refractivity contribution >= 4 is 17.6 Å². The van der Waals surface area contributed by atoms with Gasteiger partial charge in [0.15, 0.2) is 5.96 Å². The van der Waals surface area contributed by atoms with Crippen molar-refractivity contribution in [2.24, 2.45) is 10.7 Å². The molecule has 6 nitrogen and oxygen atoms in total. The van der Waals surface area contributed by atoms with E-state index < -0.39 is 0 Å². The molecule has 0 unspecified atom stereocenters. The fourth-order valence-electron chi connectivity index (χ4n) is 2.28. The highest BCUT2D eigenvalue weighted by Gasteiger charge is 2.08. The largest absolute Gasteiger partial charge is 0.492 e. The number of benzene rings is 1. The number of hydrogen-bond donors (Lipinski definition) is 2. The summed E-state index contributed by atoms with van der Waals surface area (Å²) in [5, 5.41) is 3.71. The van der Waals surface area contributed by atoms with Gasteiger partial charge in [-0.25, -0.2) is 0 Å². The molecule has 0 aromatic heterocycles. The first kappa shape index (κ1) is 17.8. The molecule has 1 fully saturated rings. The number of guanidine groups is 1. The van der Waals surface area contributed by atoms with Crippen molar-refractivity contribution in [2.75, 3.05) is 52.5 Å². The van der Waals surface area contributed by atoms with E-state index in [0.717, 1.165) is 51.6 Å². The molecule has 3 N–H and O–H groups in total. The van der Waals surface area contributed by atoms with Gasteiger partial charge in [0, 0.05) is 31.2 Å². The topological polar surface area (TPSA) is 72.1 Å². The summed E-state index contributed by atoms with van der Waals surface area (Å²) in [6.45, 7) is 6.56. The fourth-order valence-corrected chi connectivity index (χ4v) is 2.46. The standard InChI is InChI=1S/C16H25ClN4O2/c17-14-3-1-4-15(13-14)23-10-6-20-16(18)19-5-2-7-21-8-11-22-12-9-21/h1,3-4,13H,2,5-12H2,(H3,18,19,20). The molecule has 23 heavy (non-hydrogen) atoms. The van der Waals surface area contributed by atoms with Crippen LogP contribution in [0.1, 0.15) is 6.42 Å². The van der Waals surface area contributed by atoms with Crippen LogP contribution in [0.2, 0.25) is 5.02 Å². The van der Waals surface area contributed by atoms with Gasteiger partial charge in [-0.2, -0.15) is 0 Å². The lowest BCUT2D eigenvalue weighted by molar-refractivity contribution is 0.0377. The summed E-state index contributed by atoms with van der Waals surface area (Å²) >= 11 is 5.89.